The second-order valence-electron chi connectivity index (χ2n) is 4.10. The standard InChI is InChI=1S/C8H14ClNO2/c1-8(2,3)6-5(4-9)10-7(11)12-6/h5-6H,4H2,1-3H3,(H,10,11). The molecule has 0 saturated carbocycles. The van der Waals surface area contributed by atoms with Gasteiger partial charge in [0.1, 0.15) is 6.10 Å². The summed E-state index contributed by atoms with van der Waals surface area (Å²) in [5, 5.41) is 2.67. The van der Waals surface area contributed by atoms with Gasteiger partial charge in [0.15, 0.2) is 0 Å². The molecule has 1 aliphatic heterocycles. The minimum atomic E-state index is -0.361. The number of hydrogen-bond acceptors (Lipinski definition) is 2. The van der Waals surface area contributed by atoms with Crippen LogP contribution >= 0.6 is 11.6 Å². The fraction of sp³-hybridized carbons (Fsp3) is 0.875. The third-order valence-corrected chi connectivity index (χ3v) is 2.25. The highest BCUT2D eigenvalue weighted by atomic mass is 35.5. The van der Waals surface area contributed by atoms with Crippen LogP contribution in [0.4, 0.5) is 4.79 Å². The summed E-state index contributed by atoms with van der Waals surface area (Å²) >= 11 is 5.68. The minimum Gasteiger partial charge on any atom is -0.443 e. The number of nitrogens with one attached hydrogen (secondary N) is 1. The lowest BCUT2D eigenvalue weighted by atomic mass is 9.85. The number of alkyl carbamates (subject to hydrolysis) is 1. The Morgan fingerprint density at radius 3 is 2.50 bits per heavy atom. The number of rotatable bonds is 1. The van der Waals surface area contributed by atoms with Crippen LogP contribution in [0.25, 0.3) is 0 Å². The van der Waals surface area contributed by atoms with E-state index in [1.54, 1.807) is 0 Å². The van der Waals surface area contributed by atoms with E-state index in [0.29, 0.717) is 5.88 Å². The molecule has 2 unspecified atom stereocenters. The first-order valence-electron chi connectivity index (χ1n) is 3.98. The molecule has 1 aliphatic rings. The van der Waals surface area contributed by atoms with Gasteiger partial charge in [-0.25, -0.2) is 4.79 Å². The number of carbonyl (C=O) groups is 1. The van der Waals surface area contributed by atoms with Crippen molar-refractivity contribution < 1.29 is 9.53 Å². The Morgan fingerprint density at radius 2 is 2.17 bits per heavy atom. The SMILES string of the molecule is CC(C)(C)C1OC(=O)NC1CCl. The maximum Gasteiger partial charge on any atom is 0.407 e. The fourth-order valence-corrected chi connectivity index (χ4v) is 1.60. The highest BCUT2D eigenvalue weighted by molar-refractivity contribution is 6.18. The monoisotopic (exact) mass is 191 g/mol. The molecule has 0 aromatic carbocycles. The molecule has 1 amide bonds. The average Bonchev–Trinajstić information content (AvgIpc) is 2.29. The summed E-state index contributed by atoms with van der Waals surface area (Å²) in [6, 6.07) is -0.0563. The summed E-state index contributed by atoms with van der Waals surface area (Å²) in [5.74, 6) is 0.397. The Kier molecular flexibility index (Phi) is 2.52. The molecule has 1 N–H and O–H groups in total. The van der Waals surface area contributed by atoms with Gasteiger partial charge in [-0.2, -0.15) is 0 Å². The summed E-state index contributed by atoms with van der Waals surface area (Å²) in [6.07, 6.45) is -0.483. The molecule has 1 rings (SSSR count). The number of amides is 1. The molecule has 70 valence electrons. The van der Waals surface area contributed by atoms with Gasteiger partial charge in [0.25, 0.3) is 0 Å². The van der Waals surface area contributed by atoms with E-state index in [1.807, 2.05) is 20.8 Å². The Labute approximate surface area is 77.4 Å². The number of cyclic esters (lactones) is 1. The molecule has 4 heteroatoms. The van der Waals surface area contributed by atoms with Crippen LogP contribution in [-0.4, -0.2) is 24.1 Å². The molecular weight excluding hydrogens is 178 g/mol. The van der Waals surface area contributed by atoms with E-state index in [4.69, 9.17) is 16.3 Å². The third-order valence-electron chi connectivity index (χ3n) is 1.92. The maximum absolute atomic E-state index is 10.9. The second kappa shape index (κ2) is 3.13. The Hall–Kier alpha value is -0.440. The van der Waals surface area contributed by atoms with Gasteiger partial charge in [0.05, 0.1) is 6.04 Å². The number of ether oxygens (including phenoxy) is 1. The smallest absolute Gasteiger partial charge is 0.407 e. The lowest BCUT2D eigenvalue weighted by Gasteiger charge is -2.28. The molecule has 2 atom stereocenters. The van der Waals surface area contributed by atoms with Gasteiger partial charge in [-0.3, -0.25) is 0 Å². The van der Waals surface area contributed by atoms with E-state index < -0.39 is 0 Å². The van der Waals surface area contributed by atoms with E-state index in [9.17, 15) is 4.79 Å². The molecule has 0 aliphatic carbocycles. The van der Waals surface area contributed by atoms with Crippen LogP contribution in [0.2, 0.25) is 0 Å². The van der Waals surface area contributed by atoms with E-state index in [1.165, 1.54) is 0 Å². The van der Waals surface area contributed by atoms with Crippen molar-refractivity contribution in [2.75, 3.05) is 5.88 Å². The highest BCUT2D eigenvalue weighted by Crippen LogP contribution is 2.28. The summed E-state index contributed by atoms with van der Waals surface area (Å²) in [6.45, 7) is 6.08. The van der Waals surface area contributed by atoms with E-state index in [-0.39, 0.29) is 23.7 Å². The topological polar surface area (TPSA) is 38.3 Å². The summed E-state index contributed by atoms with van der Waals surface area (Å²) in [7, 11) is 0. The van der Waals surface area contributed by atoms with Crippen LogP contribution in [0.5, 0.6) is 0 Å². The van der Waals surface area contributed by atoms with Crippen molar-refractivity contribution in [2.45, 2.75) is 32.9 Å². The summed E-state index contributed by atoms with van der Waals surface area (Å²) in [5.41, 5.74) is -0.0568. The number of alkyl halides is 1. The minimum absolute atomic E-state index is 0.0563. The normalized spacial score (nSPS) is 29.8. The van der Waals surface area contributed by atoms with E-state index >= 15 is 0 Å². The Balaban J connectivity index is 2.70. The quantitative estimate of drug-likeness (QED) is 0.642. The highest BCUT2D eigenvalue weighted by Gasteiger charge is 2.41. The van der Waals surface area contributed by atoms with Crippen molar-refractivity contribution in [3.05, 3.63) is 0 Å². The second-order valence-corrected chi connectivity index (χ2v) is 4.41. The molecular formula is C8H14ClNO2. The average molecular weight is 192 g/mol. The number of hydrogen-bond donors (Lipinski definition) is 1. The molecule has 0 bridgehead atoms. The zero-order valence-corrected chi connectivity index (χ0v) is 8.31. The van der Waals surface area contributed by atoms with Crippen LogP contribution in [0.1, 0.15) is 20.8 Å². The summed E-state index contributed by atoms with van der Waals surface area (Å²) < 4.78 is 5.09. The van der Waals surface area contributed by atoms with Gasteiger partial charge < -0.3 is 10.1 Å². The van der Waals surface area contributed by atoms with Crippen LogP contribution < -0.4 is 5.32 Å². The van der Waals surface area contributed by atoms with Crippen LogP contribution in [0.15, 0.2) is 0 Å². The van der Waals surface area contributed by atoms with E-state index in [0.717, 1.165) is 0 Å². The zero-order chi connectivity index (χ0) is 9.35. The Bertz CT molecular complexity index is 188. The van der Waals surface area contributed by atoms with Crippen molar-refractivity contribution in [1.82, 2.24) is 5.32 Å². The molecule has 0 aromatic heterocycles. The van der Waals surface area contributed by atoms with Gasteiger partial charge in [-0.1, -0.05) is 20.8 Å². The van der Waals surface area contributed by atoms with Crippen molar-refractivity contribution in [1.29, 1.82) is 0 Å². The first-order valence-corrected chi connectivity index (χ1v) is 4.51. The van der Waals surface area contributed by atoms with Gasteiger partial charge in [-0.05, 0) is 0 Å². The fourth-order valence-electron chi connectivity index (χ4n) is 1.36. The van der Waals surface area contributed by atoms with Gasteiger partial charge in [0, 0.05) is 11.3 Å². The Morgan fingerprint density at radius 1 is 1.58 bits per heavy atom. The number of carbonyl (C=O) groups excluding carboxylic acids is 1. The van der Waals surface area contributed by atoms with Gasteiger partial charge in [-0.15, -0.1) is 11.6 Å². The molecule has 1 saturated heterocycles. The molecule has 3 nitrogen and oxygen atoms in total. The maximum atomic E-state index is 10.9. The first-order chi connectivity index (χ1) is 5.45. The van der Waals surface area contributed by atoms with Crippen LogP contribution in [0, 0.1) is 5.41 Å². The summed E-state index contributed by atoms with van der Waals surface area (Å²) in [4.78, 5) is 10.9. The van der Waals surface area contributed by atoms with Gasteiger partial charge in [0.2, 0.25) is 0 Å². The molecule has 0 aromatic rings. The lowest BCUT2D eigenvalue weighted by Crippen LogP contribution is -2.40. The molecule has 1 heterocycles. The first kappa shape index (κ1) is 9.65. The number of halogens is 1. The van der Waals surface area contributed by atoms with Crippen molar-refractivity contribution >= 4 is 17.7 Å². The zero-order valence-electron chi connectivity index (χ0n) is 7.56. The van der Waals surface area contributed by atoms with Gasteiger partial charge >= 0.3 is 6.09 Å². The predicted molar refractivity (Wildman–Crippen MR) is 47.4 cm³/mol. The largest absolute Gasteiger partial charge is 0.443 e. The van der Waals surface area contributed by atoms with Crippen molar-refractivity contribution in [3.8, 4) is 0 Å². The van der Waals surface area contributed by atoms with E-state index in [2.05, 4.69) is 5.32 Å². The van der Waals surface area contributed by atoms with Crippen molar-refractivity contribution in [2.24, 2.45) is 5.41 Å². The molecule has 0 spiro atoms. The third kappa shape index (κ3) is 1.83. The van der Waals surface area contributed by atoms with Crippen molar-refractivity contribution in [3.63, 3.8) is 0 Å². The van der Waals surface area contributed by atoms with Crippen LogP contribution in [-0.2, 0) is 4.74 Å². The molecule has 12 heavy (non-hydrogen) atoms. The lowest BCUT2D eigenvalue weighted by molar-refractivity contribution is 0.0595. The molecule has 1 fully saturated rings. The molecule has 0 radical (unpaired) electrons. The predicted octanol–water partition coefficient (Wildman–Crippen LogP) is 1.75. The van der Waals surface area contributed by atoms with Crippen LogP contribution in [0.3, 0.4) is 0 Å².